The van der Waals surface area contributed by atoms with E-state index in [2.05, 4.69) is 31.4 Å². The van der Waals surface area contributed by atoms with Crippen LogP contribution >= 0.6 is 0 Å². The van der Waals surface area contributed by atoms with Crippen molar-refractivity contribution in [3.8, 4) is 5.69 Å². The Kier molecular flexibility index (Phi) is 6.86. The minimum absolute atomic E-state index is 0.135. The maximum Gasteiger partial charge on any atom is 0.273 e. The summed E-state index contributed by atoms with van der Waals surface area (Å²) in [6.45, 7) is 3.23. The normalized spacial score (nSPS) is 11.1. The molecule has 0 aliphatic rings. The van der Waals surface area contributed by atoms with Crippen molar-refractivity contribution in [2.75, 3.05) is 5.32 Å². The van der Waals surface area contributed by atoms with Gasteiger partial charge in [0, 0.05) is 17.2 Å². The van der Waals surface area contributed by atoms with Gasteiger partial charge in [0.15, 0.2) is 0 Å². The molecule has 1 heterocycles. The summed E-state index contributed by atoms with van der Waals surface area (Å²) in [4.78, 5) is 36.4. The molecule has 0 atom stereocenters. The number of aromatic nitrogens is 4. The third kappa shape index (κ3) is 5.12. The van der Waals surface area contributed by atoms with Crippen molar-refractivity contribution in [1.29, 1.82) is 0 Å². The second kappa shape index (κ2) is 10.3. The molecule has 2 N–H and O–H groups in total. The van der Waals surface area contributed by atoms with Gasteiger partial charge >= 0.3 is 0 Å². The van der Waals surface area contributed by atoms with Gasteiger partial charge in [0.05, 0.1) is 27.6 Å². The molecule has 2 amide bonds. The average Bonchev–Trinajstić information content (AvgIpc) is 3.42. The minimum Gasteiger partial charge on any atom is -0.321 e. The number of tetrazole rings is 1. The van der Waals surface area contributed by atoms with Crippen molar-refractivity contribution in [3.63, 3.8) is 0 Å². The number of anilines is 1. The van der Waals surface area contributed by atoms with Crippen LogP contribution < -0.4 is 10.7 Å². The molecule has 36 heavy (non-hydrogen) atoms. The highest BCUT2D eigenvalue weighted by Gasteiger charge is 2.20. The Morgan fingerprint density at radius 3 is 2.50 bits per heavy atom. The Balaban J connectivity index is 1.52. The number of nitrogens with one attached hydrogen (secondary N) is 2. The smallest absolute Gasteiger partial charge is 0.273 e. The van der Waals surface area contributed by atoms with E-state index in [1.807, 2.05) is 24.3 Å². The van der Waals surface area contributed by atoms with E-state index in [0.717, 1.165) is 11.3 Å². The van der Waals surface area contributed by atoms with E-state index in [1.165, 1.54) is 42.2 Å². The Bertz CT molecular complexity index is 1480. The van der Waals surface area contributed by atoms with Crippen LogP contribution in [0.2, 0.25) is 0 Å². The summed E-state index contributed by atoms with van der Waals surface area (Å²) in [6.07, 6.45) is 1.47. The number of nitro groups is 1. The van der Waals surface area contributed by atoms with E-state index in [-0.39, 0.29) is 28.1 Å². The molecule has 0 saturated heterocycles. The third-order valence-electron chi connectivity index (χ3n) is 5.37. The van der Waals surface area contributed by atoms with Crippen LogP contribution in [0.5, 0.6) is 0 Å². The van der Waals surface area contributed by atoms with Gasteiger partial charge < -0.3 is 5.32 Å². The van der Waals surface area contributed by atoms with Crippen molar-refractivity contribution in [2.45, 2.75) is 13.8 Å². The summed E-state index contributed by atoms with van der Waals surface area (Å²) >= 11 is 0. The first kappa shape index (κ1) is 23.9. The number of rotatable bonds is 7. The van der Waals surface area contributed by atoms with Gasteiger partial charge in [0.1, 0.15) is 6.33 Å². The van der Waals surface area contributed by atoms with Gasteiger partial charge in [-0.1, -0.05) is 30.3 Å². The van der Waals surface area contributed by atoms with Crippen molar-refractivity contribution in [3.05, 3.63) is 105 Å². The number of amides is 2. The van der Waals surface area contributed by atoms with E-state index in [4.69, 9.17) is 0 Å². The molecule has 0 aliphatic carbocycles. The first-order chi connectivity index (χ1) is 17.3. The fraction of sp³-hybridized carbons (Fsp3) is 0.0833. The first-order valence-electron chi connectivity index (χ1n) is 10.7. The summed E-state index contributed by atoms with van der Waals surface area (Å²) in [5.41, 5.74) is 5.11. The van der Waals surface area contributed by atoms with Crippen LogP contribution in [0.3, 0.4) is 0 Å². The standard InChI is InChI=1S/C24H20N8O4/c1-15-19(10-6-12-22(15)32(35)36)23(33)26-21-11-4-3-9-20(21)24(34)28-27-16(2)17-7-5-8-18(13-17)31-14-25-29-30-31/h3-14H,1-2H3,(H,26,33)(H,28,34)/b27-16+. The molecule has 0 bridgehead atoms. The maximum atomic E-state index is 12.9. The molecule has 3 aromatic carbocycles. The lowest BCUT2D eigenvalue weighted by Crippen LogP contribution is -2.22. The summed E-state index contributed by atoms with van der Waals surface area (Å²) in [5, 5.41) is 29.1. The molecule has 4 rings (SSSR count). The first-order valence-corrected chi connectivity index (χ1v) is 10.7. The zero-order chi connectivity index (χ0) is 25.7. The molecule has 1 aromatic heterocycles. The van der Waals surface area contributed by atoms with Gasteiger partial charge in [-0.25, -0.2) is 10.1 Å². The SMILES string of the molecule is C/C(=N\NC(=O)c1ccccc1NC(=O)c1cccc([N+](=O)[O-])c1C)c1cccc(-n2cnnn2)c1. The molecule has 180 valence electrons. The monoisotopic (exact) mass is 484 g/mol. The number of nitro benzene ring substituents is 1. The number of nitrogens with zero attached hydrogens (tertiary/aromatic N) is 6. The van der Waals surface area contributed by atoms with Crippen LogP contribution in [0.4, 0.5) is 11.4 Å². The number of carbonyl (C=O) groups is 2. The van der Waals surface area contributed by atoms with Gasteiger partial charge in [-0.15, -0.1) is 5.10 Å². The lowest BCUT2D eigenvalue weighted by Gasteiger charge is -2.12. The van der Waals surface area contributed by atoms with Crippen LogP contribution in [-0.2, 0) is 0 Å². The number of benzene rings is 3. The molecular weight excluding hydrogens is 464 g/mol. The summed E-state index contributed by atoms with van der Waals surface area (Å²) in [6, 6.07) is 17.9. The van der Waals surface area contributed by atoms with Crippen molar-refractivity contribution in [1.82, 2.24) is 25.6 Å². The van der Waals surface area contributed by atoms with Crippen LogP contribution in [0, 0.1) is 17.0 Å². The van der Waals surface area contributed by atoms with Gasteiger partial charge in [-0.2, -0.15) is 5.10 Å². The van der Waals surface area contributed by atoms with Gasteiger partial charge in [0.25, 0.3) is 17.5 Å². The summed E-state index contributed by atoms with van der Waals surface area (Å²) in [5.74, 6) is -1.12. The topological polar surface area (TPSA) is 157 Å². The van der Waals surface area contributed by atoms with Crippen LogP contribution in [0.1, 0.15) is 38.8 Å². The van der Waals surface area contributed by atoms with Crippen molar-refractivity contribution < 1.29 is 14.5 Å². The molecule has 0 fully saturated rings. The number of para-hydroxylation sites is 1. The Hall–Kier alpha value is -5.26. The van der Waals surface area contributed by atoms with Gasteiger partial charge in [-0.05, 0) is 60.2 Å². The second-order valence-corrected chi connectivity index (χ2v) is 7.65. The molecular formula is C24H20N8O4. The van der Waals surface area contributed by atoms with Crippen LogP contribution in [0.25, 0.3) is 5.69 Å². The number of carbonyl (C=O) groups excluding carboxylic acids is 2. The van der Waals surface area contributed by atoms with Crippen molar-refractivity contribution >= 4 is 28.9 Å². The molecule has 0 spiro atoms. The molecule has 12 nitrogen and oxygen atoms in total. The Labute approximate surface area is 204 Å². The predicted octanol–water partition coefficient (Wildman–Crippen LogP) is 3.29. The van der Waals surface area contributed by atoms with Crippen molar-refractivity contribution in [2.24, 2.45) is 5.10 Å². The molecule has 12 heteroatoms. The van der Waals surface area contributed by atoms with Crippen LogP contribution in [0.15, 0.2) is 78.2 Å². The summed E-state index contributed by atoms with van der Waals surface area (Å²) in [7, 11) is 0. The highest BCUT2D eigenvalue weighted by molar-refractivity contribution is 6.10. The quantitative estimate of drug-likeness (QED) is 0.231. The zero-order valence-corrected chi connectivity index (χ0v) is 19.2. The average molecular weight is 484 g/mol. The molecule has 4 aromatic rings. The van der Waals surface area contributed by atoms with Gasteiger partial charge in [-0.3, -0.25) is 19.7 Å². The van der Waals surface area contributed by atoms with E-state index >= 15 is 0 Å². The van der Waals surface area contributed by atoms with Crippen LogP contribution in [-0.4, -0.2) is 42.7 Å². The lowest BCUT2D eigenvalue weighted by molar-refractivity contribution is -0.385. The minimum atomic E-state index is -0.574. The Morgan fingerprint density at radius 2 is 1.75 bits per heavy atom. The van der Waals surface area contributed by atoms with Gasteiger partial charge in [0.2, 0.25) is 0 Å². The predicted molar refractivity (Wildman–Crippen MR) is 131 cm³/mol. The number of hydrazone groups is 1. The highest BCUT2D eigenvalue weighted by Crippen LogP contribution is 2.23. The van der Waals surface area contributed by atoms with E-state index in [9.17, 15) is 19.7 Å². The fourth-order valence-corrected chi connectivity index (χ4v) is 3.46. The fourth-order valence-electron chi connectivity index (χ4n) is 3.46. The number of hydrogen-bond donors (Lipinski definition) is 2. The molecule has 0 aliphatic heterocycles. The molecule has 0 unspecified atom stereocenters. The van der Waals surface area contributed by atoms with E-state index < -0.39 is 16.7 Å². The zero-order valence-electron chi connectivity index (χ0n) is 19.2. The highest BCUT2D eigenvalue weighted by atomic mass is 16.6. The molecule has 0 saturated carbocycles. The maximum absolute atomic E-state index is 12.9. The Morgan fingerprint density at radius 1 is 1.00 bits per heavy atom. The lowest BCUT2D eigenvalue weighted by atomic mass is 10.1. The number of hydrogen-bond acceptors (Lipinski definition) is 8. The largest absolute Gasteiger partial charge is 0.321 e. The third-order valence-corrected chi connectivity index (χ3v) is 5.37. The molecule has 0 radical (unpaired) electrons. The summed E-state index contributed by atoms with van der Waals surface area (Å²) < 4.78 is 1.50. The van der Waals surface area contributed by atoms with E-state index in [0.29, 0.717) is 5.71 Å². The van der Waals surface area contributed by atoms with E-state index in [1.54, 1.807) is 25.1 Å². The second-order valence-electron chi connectivity index (χ2n) is 7.65.